The van der Waals surface area contributed by atoms with Crippen molar-refractivity contribution in [1.29, 1.82) is 0 Å². The third-order valence-corrected chi connectivity index (χ3v) is 4.98. The van der Waals surface area contributed by atoms with Crippen LogP contribution in [0.1, 0.15) is 39.3 Å². The number of carboxylic acids is 1. The molecule has 27 heavy (non-hydrogen) atoms. The second-order valence-electron chi connectivity index (χ2n) is 6.54. The quantitative estimate of drug-likeness (QED) is 0.809. The van der Waals surface area contributed by atoms with E-state index in [1.807, 2.05) is 24.3 Å². The van der Waals surface area contributed by atoms with E-state index in [0.717, 1.165) is 24.2 Å². The second kappa shape index (κ2) is 8.18. The lowest BCUT2D eigenvalue weighted by atomic mass is 9.74. The lowest BCUT2D eigenvalue weighted by Crippen LogP contribution is -2.44. The van der Waals surface area contributed by atoms with Crippen LogP contribution in [0.5, 0.6) is 5.75 Å². The zero-order valence-electron chi connectivity index (χ0n) is 15.1. The van der Waals surface area contributed by atoms with E-state index in [-0.39, 0.29) is 16.7 Å². The van der Waals surface area contributed by atoms with Crippen LogP contribution in [0.25, 0.3) is 0 Å². The first-order chi connectivity index (χ1) is 13.0. The Labute approximate surface area is 157 Å². The molecule has 142 valence electrons. The summed E-state index contributed by atoms with van der Waals surface area (Å²) in [6.07, 6.45) is 2.89. The van der Waals surface area contributed by atoms with Gasteiger partial charge in [-0.15, -0.1) is 0 Å². The number of methoxy groups -OCH3 is 1. The lowest BCUT2D eigenvalue weighted by molar-refractivity contribution is 0.0486. The summed E-state index contributed by atoms with van der Waals surface area (Å²) >= 11 is 0. The predicted molar refractivity (Wildman–Crippen MR) is 98.3 cm³/mol. The Bertz CT molecular complexity index is 813. The van der Waals surface area contributed by atoms with Gasteiger partial charge in [0.1, 0.15) is 11.4 Å². The number of nitrogens with one attached hydrogen (secondary N) is 1. The first-order valence-corrected chi connectivity index (χ1v) is 8.74. The summed E-state index contributed by atoms with van der Waals surface area (Å²) in [5, 5.41) is 12.0. The Morgan fingerprint density at radius 1 is 1.22 bits per heavy atom. The maximum absolute atomic E-state index is 12.5. The first-order valence-electron chi connectivity index (χ1n) is 8.74. The average Bonchev–Trinajstić information content (AvgIpc) is 2.73. The normalized spacial score (nSPS) is 15.7. The summed E-state index contributed by atoms with van der Waals surface area (Å²) in [5.74, 6) is -0.706. The minimum atomic E-state index is -1.09. The highest BCUT2D eigenvalue weighted by molar-refractivity contribution is 5.95. The van der Waals surface area contributed by atoms with Crippen molar-refractivity contribution in [1.82, 2.24) is 10.3 Å². The smallest absolute Gasteiger partial charge is 0.335 e. The Kier molecular flexibility index (Phi) is 5.71. The van der Waals surface area contributed by atoms with Gasteiger partial charge in [0.15, 0.2) is 0 Å². The summed E-state index contributed by atoms with van der Waals surface area (Å²) in [6.45, 7) is 1.66. The van der Waals surface area contributed by atoms with E-state index < -0.39 is 11.9 Å². The molecule has 3 rings (SSSR count). The van der Waals surface area contributed by atoms with Crippen molar-refractivity contribution in [2.45, 2.75) is 18.3 Å². The molecule has 0 saturated carbocycles. The molecule has 7 heteroatoms. The van der Waals surface area contributed by atoms with Gasteiger partial charge in [-0.05, 0) is 42.7 Å². The van der Waals surface area contributed by atoms with Crippen LogP contribution >= 0.6 is 0 Å². The largest absolute Gasteiger partial charge is 0.497 e. The summed E-state index contributed by atoms with van der Waals surface area (Å²) in [6, 6.07) is 10.5. The zero-order chi connectivity index (χ0) is 19.3. The molecule has 0 bridgehead atoms. The van der Waals surface area contributed by atoms with Gasteiger partial charge in [-0.3, -0.25) is 9.78 Å². The Morgan fingerprint density at radius 2 is 1.93 bits per heavy atom. The number of aromatic carboxylic acids is 1. The molecule has 2 aromatic rings. The zero-order valence-corrected chi connectivity index (χ0v) is 15.1. The number of benzene rings is 1. The fraction of sp³-hybridized carbons (Fsp3) is 0.350. The van der Waals surface area contributed by atoms with E-state index in [1.165, 1.54) is 18.3 Å². The Balaban J connectivity index is 1.77. The Morgan fingerprint density at radius 3 is 2.56 bits per heavy atom. The SMILES string of the molecule is COc1ccc(C2(CNC(=O)c3cc(C(=O)O)ccn3)CCOCC2)cc1. The third kappa shape index (κ3) is 4.25. The number of aromatic nitrogens is 1. The molecule has 0 aliphatic carbocycles. The van der Waals surface area contributed by atoms with Gasteiger partial charge >= 0.3 is 5.97 Å². The van der Waals surface area contributed by atoms with Gasteiger partial charge in [0.25, 0.3) is 5.91 Å². The standard InChI is InChI=1S/C20H22N2O5/c1-26-16-4-2-15(3-5-16)20(7-10-27-11-8-20)13-22-18(23)17-12-14(19(24)25)6-9-21-17/h2-6,9,12H,7-8,10-11,13H2,1H3,(H,22,23)(H,24,25). The monoisotopic (exact) mass is 370 g/mol. The number of hydrogen-bond acceptors (Lipinski definition) is 5. The van der Waals surface area contributed by atoms with Crippen LogP contribution < -0.4 is 10.1 Å². The summed E-state index contributed by atoms with van der Waals surface area (Å²) in [5.41, 5.74) is 0.988. The topological polar surface area (TPSA) is 97.8 Å². The number of carbonyl (C=O) groups excluding carboxylic acids is 1. The fourth-order valence-electron chi connectivity index (χ4n) is 3.30. The molecule has 1 aromatic carbocycles. The molecule has 0 unspecified atom stereocenters. The van der Waals surface area contributed by atoms with E-state index >= 15 is 0 Å². The van der Waals surface area contributed by atoms with Gasteiger partial charge < -0.3 is 19.9 Å². The molecule has 1 fully saturated rings. The molecule has 2 N–H and O–H groups in total. The molecule has 0 radical (unpaired) electrons. The fourth-order valence-corrected chi connectivity index (χ4v) is 3.30. The van der Waals surface area contributed by atoms with Gasteiger partial charge in [0, 0.05) is 31.4 Å². The predicted octanol–water partition coefficient (Wildman–Crippen LogP) is 2.27. The molecular formula is C20H22N2O5. The number of hydrogen-bond donors (Lipinski definition) is 2. The molecule has 2 heterocycles. The maximum Gasteiger partial charge on any atom is 0.335 e. The molecule has 7 nitrogen and oxygen atoms in total. The van der Waals surface area contributed by atoms with Gasteiger partial charge in [-0.25, -0.2) is 4.79 Å². The van der Waals surface area contributed by atoms with Crippen LogP contribution in [0.3, 0.4) is 0 Å². The van der Waals surface area contributed by atoms with Crippen molar-refractivity contribution in [3.8, 4) is 5.75 Å². The number of nitrogens with zero attached hydrogens (tertiary/aromatic N) is 1. The van der Waals surface area contributed by atoms with Crippen molar-refractivity contribution in [3.63, 3.8) is 0 Å². The Hall–Kier alpha value is -2.93. The molecular weight excluding hydrogens is 348 g/mol. The van der Waals surface area contributed by atoms with E-state index in [0.29, 0.717) is 19.8 Å². The number of amides is 1. The number of carbonyl (C=O) groups is 2. The van der Waals surface area contributed by atoms with E-state index in [4.69, 9.17) is 14.6 Å². The van der Waals surface area contributed by atoms with E-state index in [2.05, 4.69) is 10.3 Å². The summed E-state index contributed by atoms with van der Waals surface area (Å²) < 4.78 is 10.7. The van der Waals surface area contributed by atoms with Gasteiger partial charge in [-0.2, -0.15) is 0 Å². The molecule has 1 amide bonds. The minimum Gasteiger partial charge on any atom is -0.497 e. The number of ether oxygens (including phenoxy) is 2. The highest BCUT2D eigenvalue weighted by Crippen LogP contribution is 2.35. The number of pyridine rings is 1. The van der Waals surface area contributed by atoms with Crippen molar-refractivity contribution in [3.05, 3.63) is 59.4 Å². The van der Waals surface area contributed by atoms with Crippen LogP contribution in [0.15, 0.2) is 42.6 Å². The molecule has 0 atom stereocenters. The van der Waals surface area contributed by atoms with E-state index in [9.17, 15) is 9.59 Å². The average molecular weight is 370 g/mol. The van der Waals surface area contributed by atoms with E-state index in [1.54, 1.807) is 7.11 Å². The van der Waals surface area contributed by atoms with Gasteiger partial charge in [0.2, 0.25) is 0 Å². The highest BCUT2D eigenvalue weighted by atomic mass is 16.5. The molecule has 1 aliphatic heterocycles. The number of carboxylic acid groups (broad SMARTS) is 1. The van der Waals surface area contributed by atoms with Crippen molar-refractivity contribution in [2.75, 3.05) is 26.9 Å². The van der Waals surface area contributed by atoms with Crippen molar-refractivity contribution >= 4 is 11.9 Å². The van der Waals surface area contributed by atoms with Crippen LogP contribution in [0.2, 0.25) is 0 Å². The molecule has 1 aromatic heterocycles. The highest BCUT2D eigenvalue weighted by Gasteiger charge is 2.35. The van der Waals surface area contributed by atoms with Crippen LogP contribution in [0.4, 0.5) is 0 Å². The maximum atomic E-state index is 12.5. The lowest BCUT2D eigenvalue weighted by Gasteiger charge is -2.38. The van der Waals surface area contributed by atoms with Crippen LogP contribution in [0, 0.1) is 0 Å². The molecule has 0 spiro atoms. The molecule has 1 aliphatic rings. The van der Waals surface area contributed by atoms with Gasteiger partial charge in [0.05, 0.1) is 12.7 Å². The second-order valence-corrected chi connectivity index (χ2v) is 6.54. The van der Waals surface area contributed by atoms with Crippen molar-refractivity contribution < 1.29 is 24.2 Å². The summed E-state index contributed by atoms with van der Waals surface area (Å²) in [4.78, 5) is 27.6. The number of rotatable bonds is 6. The van der Waals surface area contributed by atoms with Crippen LogP contribution in [-0.4, -0.2) is 48.8 Å². The summed E-state index contributed by atoms with van der Waals surface area (Å²) in [7, 11) is 1.62. The van der Waals surface area contributed by atoms with Gasteiger partial charge in [-0.1, -0.05) is 12.1 Å². The first kappa shape index (κ1) is 18.8. The van der Waals surface area contributed by atoms with Crippen molar-refractivity contribution in [2.24, 2.45) is 0 Å². The third-order valence-electron chi connectivity index (χ3n) is 4.98. The molecule has 1 saturated heterocycles. The van der Waals surface area contributed by atoms with Crippen LogP contribution in [-0.2, 0) is 10.2 Å². The minimum absolute atomic E-state index is 0.0334.